The Balaban J connectivity index is 1.56. The molecule has 0 bridgehead atoms. The number of para-hydroxylation sites is 1. The van der Waals surface area contributed by atoms with Crippen molar-refractivity contribution in [2.45, 2.75) is 31.2 Å². The molecule has 3 aromatic rings. The topological polar surface area (TPSA) is 58.6 Å². The van der Waals surface area contributed by atoms with Crippen LogP contribution in [0.2, 0.25) is 0 Å². The molecule has 1 fully saturated rings. The lowest BCUT2D eigenvalue weighted by molar-refractivity contribution is 0.0736. The first-order valence-electron chi connectivity index (χ1n) is 10.8. The van der Waals surface area contributed by atoms with Crippen molar-refractivity contribution in [3.8, 4) is 5.75 Å². The van der Waals surface area contributed by atoms with Gasteiger partial charge in [-0.1, -0.05) is 42.0 Å². The quantitative estimate of drug-likeness (QED) is 0.490. The molecule has 0 spiro atoms. The highest BCUT2D eigenvalue weighted by molar-refractivity contribution is 7.86. The highest BCUT2D eigenvalue weighted by atomic mass is 32.2. The molecule has 1 saturated carbocycles. The molecule has 0 aromatic heterocycles. The van der Waals surface area contributed by atoms with E-state index in [2.05, 4.69) is 4.72 Å². The van der Waals surface area contributed by atoms with E-state index in [1.807, 2.05) is 72.5 Å². The molecule has 166 valence electrons. The van der Waals surface area contributed by atoms with Crippen LogP contribution >= 0.6 is 0 Å². The number of anilines is 1. The van der Waals surface area contributed by atoms with Gasteiger partial charge < -0.3 is 14.4 Å². The van der Waals surface area contributed by atoms with E-state index in [4.69, 9.17) is 4.74 Å². The Hall–Kier alpha value is -3.12. The maximum Gasteiger partial charge on any atom is 0.256 e. The van der Waals surface area contributed by atoms with Crippen LogP contribution in [0.5, 0.6) is 5.75 Å². The summed E-state index contributed by atoms with van der Waals surface area (Å²) in [6.07, 6.45) is 2.30. The first-order valence-corrected chi connectivity index (χ1v) is 11.9. The average molecular weight is 449 g/mol. The summed E-state index contributed by atoms with van der Waals surface area (Å²) in [5.41, 5.74) is 3.22. The molecule has 1 atom stereocenters. The van der Waals surface area contributed by atoms with Crippen molar-refractivity contribution in [1.29, 1.82) is 0 Å². The summed E-state index contributed by atoms with van der Waals surface area (Å²) in [5, 5.41) is 0. The second kappa shape index (κ2) is 10.0. The van der Waals surface area contributed by atoms with Crippen molar-refractivity contribution in [2.75, 3.05) is 18.4 Å². The third kappa shape index (κ3) is 5.56. The van der Waals surface area contributed by atoms with Crippen molar-refractivity contribution in [3.05, 3.63) is 89.5 Å². The number of nitrogens with zero attached hydrogens (tertiary/aromatic N) is 1. The first-order chi connectivity index (χ1) is 15.5. The molecule has 5 nitrogen and oxygen atoms in total. The molecule has 4 rings (SSSR count). The van der Waals surface area contributed by atoms with Crippen molar-refractivity contribution in [1.82, 2.24) is 4.90 Å². The van der Waals surface area contributed by atoms with Gasteiger partial charge in [0.15, 0.2) is 0 Å². The minimum absolute atomic E-state index is 0.0660. The van der Waals surface area contributed by atoms with Crippen LogP contribution in [0.1, 0.15) is 34.3 Å². The van der Waals surface area contributed by atoms with Crippen molar-refractivity contribution in [3.63, 3.8) is 0 Å². The van der Waals surface area contributed by atoms with Crippen LogP contribution in [0, 0.1) is 12.8 Å². The van der Waals surface area contributed by atoms with Crippen LogP contribution in [0.4, 0.5) is 5.69 Å². The molecular weight excluding hydrogens is 420 g/mol. The van der Waals surface area contributed by atoms with E-state index in [-0.39, 0.29) is 5.91 Å². The lowest BCUT2D eigenvalue weighted by Gasteiger charge is -2.24. The molecular formula is C26H28N2O3S. The average Bonchev–Trinajstić information content (AvgIpc) is 3.63. The highest BCUT2D eigenvalue weighted by Gasteiger charge is 2.28. The molecule has 1 N–H and O–H groups in total. The standard InChI is InChI=1S/C26H28N2O3S/c1-19-10-14-23(15-11-19)32(30)27-25-9-4-3-8-24(25)26(29)28(17-20-12-13-20)18-21-6-5-7-22(16-21)31-2/h3-11,14-16,20,27H,12-13,17-18H2,1-2H3. The van der Waals surface area contributed by atoms with Gasteiger partial charge in [-0.05, 0) is 67.6 Å². The molecule has 1 unspecified atom stereocenters. The molecule has 0 saturated heterocycles. The number of hydrogen-bond donors (Lipinski definition) is 1. The summed E-state index contributed by atoms with van der Waals surface area (Å²) < 4.78 is 21.3. The molecule has 1 aliphatic rings. The summed E-state index contributed by atoms with van der Waals surface area (Å²) in [5.74, 6) is 1.26. The fourth-order valence-corrected chi connectivity index (χ4v) is 4.45. The Labute approximate surface area is 192 Å². The van der Waals surface area contributed by atoms with E-state index in [0.717, 1.165) is 29.7 Å². The van der Waals surface area contributed by atoms with Crippen LogP contribution in [-0.2, 0) is 17.5 Å². The fraction of sp³-hybridized carbons (Fsp3) is 0.269. The number of carbonyl (C=O) groups excluding carboxylic acids is 1. The Morgan fingerprint density at radius 3 is 2.53 bits per heavy atom. The summed E-state index contributed by atoms with van der Waals surface area (Å²) >= 11 is 0. The Morgan fingerprint density at radius 2 is 1.81 bits per heavy atom. The molecule has 1 aliphatic carbocycles. The third-order valence-electron chi connectivity index (χ3n) is 5.57. The van der Waals surface area contributed by atoms with E-state index >= 15 is 0 Å². The number of benzene rings is 3. The number of methoxy groups -OCH3 is 1. The summed E-state index contributed by atoms with van der Waals surface area (Å²) in [7, 11) is 0.181. The summed E-state index contributed by atoms with van der Waals surface area (Å²) in [6.45, 7) is 3.21. The van der Waals surface area contributed by atoms with Gasteiger partial charge in [0.25, 0.3) is 5.91 Å². The third-order valence-corrected chi connectivity index (χ3v) is 6.67. The number of rotatable bonds is 9. The SMILES string of the molecule is COc1cccc(CN(CC2CC2)C(=O)c2ccccc2NS(=O)c2ccc(C)cc2)c1. The summed E-state index contributed by atoms with van der Waals surface area (Å²) in [4.78, 5) is 16.2. The first kappa shape index (κ1) is 22.1. The summed E-state index contributed by atoms with van der Waals surface area (Å²) in [6, 6.07) is 22.6. The molecule has 3 aromatic carbocycles. The zero-order valence-electron chi connectivity index (χ0n) is 18.4. The Bertz CT molecular complexity index is 1110. The van der Waals surface area contributed by atoms with E-state index in [9.17, 15) is 9.00 Å². The predicted octanol–water partition coefficient (Wildman–Crippen LogP) is 5.19. The molecule has 0 heterocycles. The van der Waals surface area contributed by atoms with Gasteiger partial charge >= 0.3 is 0 Å². The van der Waals surface area contributed by atoms with Crippen LogP contribution in [0.15, 0.2) is 77.7 Å². The van der Waals surface area contributed by atoms with Crippen molar-refractivity contribution >= 4 is 22.6 Å². The van der Waals surface area contributed by atoms with Gasteiger partial charge in [0.05, 0.1) is 23.3 Å². The van der Waals surface area contributed by atoms with Gasteiger partial charge in [-0.15, -0.1) is 0 Å². The number of carbonyl (C=O) groups is 1. The van der Waals surface area contributed by atoms with E-state index in [1.165, 1.54) is 0 Å². The van der Waals surface area contributed by atoms with Crippen LogP contribution < -0.4 is 9.46 Å². The second-order valence-corrected chi connectivity index (χ2v) is 9.42. The van der Waals surface area contributed by atoms with E-state index in [1.54, 1.807) is 19.2 Å². The number of aryl methyl sites for hydroxylation is 1. The largest absolute Gasteiger partial charge is 0.497 e. The number of amides is 1. The number of nitrogens with one attached hydrogen (secondary N) is 1. The molecule has 0 aliphatic heterocycles. The van der Waals surface area contributed by atoms with Crippen LogP contribution in [0.25, 0.3) is 0 Å². The van der Waals surface area contributed by atoms with E-state index in [0.29, 0.717) is 35.2 Å². The van der Waals surface area contributed by atoms with Crippen molar-refractivity contribution < 1.29 is 13.7 Å². The Kier molecular flexibility index (Phi) is 6.90. The zero-order chi connectivity index (χ0) is 22.5. The smallest absolute Gasteiger partial charge is 0.256 e. The van der Waals surface area contributed by atoms with Gasteiger partial charge in [-0.3, -0.25) is 4.79 Å². The molecule has 6 heteroatoms. The lowest BCUT2D eigenvalue weighted by Crippen LogP contribution is -2.33. The monoisotopic (exact) mass is 448 g/mol. The van der Waals surface area contributed by atoms with Gasteiger partial charge in [0.1, 0.15) is 16.7 Å². The second-order valence-electron chi connectivity index (χ2n) is 8.21. The minimum atomic E-state index is -1.46. The highest BCUT2D eigenvalue weighted by Crippen LogP contribution is 2.31. The fourth-order valence-electron chi connectivity index (χ4n) is 3.57. The molecule has 32 heavy (non-hydrogen) atoms. The van der Waals surface area contributed by atoms with Crippen molar-refractivity contribution in [2.24, 2.45) is 5.92 Å². The number of hydrogen-bond acceptors (Lipinski definition) is 3. The molecule has 1 amide bonds. The predicted molar refractivity (Wildman–Crippen MR) is 128 cm³/mol. The Morgan fingerprint density at radius 1 is 1.06 bits per heavy atom. The van der Waals surface area contributed by atoms with E-state index < -0.39 is 11.0 Å². The van der Waals surface area contributed by atoms with Gasteiger partial charge in [0, 0.05) is 13.1 Å². The zero-order valence-corrected chi connectivity index (χ0v) is 19.2. The van der Waals surface area contributed by atoms with Gasteiger partial charge in [-0.2, -0.15) is 0 Å². The maximum absolute atomic E-state index is 13.6. The van der Waals surface area contributed by atoms with Gasteiger partial charge in [-0.25, -0.2) is 4.21 Å². The van der Waals surface area contributed by atoms with Crippen LogP contribution in [-0.4, -0.2) is 28.7 Å². The van der Waals surface area contributed by atoms with Crippen LogP contribution in [0.3, 0.4) is 0 Å². The normalized spacial score (nSPS) is 13.9. The number of ether oxygens (including phenoxy) is 1. The van der Waals surface area contributed by atoms with Gasteiger partial charge in [0.2, 0.25) is 0 Å². The minimum Gasteiger partial charge on any atom is -0.497 e. The lowest BCUT2D eigenvalue weighted by atomic mass is 10.1. The maximum atomic E-state index is 13.6. The molecule has 0 radical (unpaired) electrons.